The number of nitrogens with zero attached hydrogens (tertiary/aromatic N) is 2. The Bertz CT molecular complexity index is 1420. The molecule has 0 aliphatic carbocycles. The van der Waals surface area contributed by atoms with E-state index in [9.17, 15) is 32.3 Å². The average Bonchev–Trinajstić information content (AvgIpc) is 2.95. The molecule has 0 saturated heterocycles. The number of aliphatic hydroxyl groups is 1. The molecule has 230 valence electrons. The van der Waals surface area contributed by atoms with Gasteiger partial charge in [-0.15, -0.1) is 0 Å². The van der Waals surface area contributed by atoms with Gasteiger partial charge in [-0.25, -0.2) is 9.18 Å². The van der Waals surface area contributed by atoms with Crippen LogP contribution in [-0.2, 0) is 12.7 Å². The monoisotopic (exact) mass is 602 g/mol. The molecule has 43 heavy (non-hydrogen) atoms. The molecule has 8 nitrogen and oxygen atoms in total. The first-order valence-electron chi connectivity index (χ1n) is 13.7. The number of hydrogen-bond acceptors (Lipinski definition) is 5. The van der Waals surface area contributed by atoms with E-state index in [0.29, 0.717) is 35.8 Å². The van der Waals surface area contributed by atoms with Crippen molar-refractivity contribution in [2.24, 2.45) is 5.92 Å². The maximum Gasteiger partial charge on any atom is 0.416 e. The minimum absolute atomic E-state index is 0.166. The number of carbonyl (C=O) groups excluding carboxylic acids is 2. The van der Waals surface area contributed by atoms with E-state index in [0.717, 1.165) is 12.1 Å². The molecule has 0 fully saturated rings. The smallest absolute Gasteiger partial charge is 0.416 e. The highest BCUT2D eigenvalue weighted by atomic mass is 19.4. The fraction of sp³-hybridized carbons (Fsp3) is 0.355. The molecule has 1 aliphatic rings. The number of aliphatic hydroxyl groups excluding tert-OH is 1. The largest absolute Gasteiger partial charge is 0.488 e. The maximum atomic E-state index is 13.6. The number of hydrogen-bond donors (Lipinski definition) is 3. The summed E-state index contributed by atoms with van der Waals surface area (Å²) < 4.78 is 58.4. The van der Waals surface area contributed by atoms with Crippen LogP contribution in [0.5, 0.6) is 5.75 Å². The van der Waals surface area contributed by atoms with Gasteiger partial charge in [0.15, 0.2) is 0 Å². The lowest BCUT2D eigenvalue weighted by Gasteiger charge is -2.38. The van der Waals surface area contributed by atoms with Gasteiger partial charge < -0.3 is 25.4 Å². The maximum absolute atomic E-state index is 13.6. The van der Waals surface area contributed by atoms with Gasteiger partial charge in [-0.3, -0.25) is 9.69 Å². The van der Waals surface area contributed by atoms with Crippen molar-refractivity contribution in [1.82, 2.24) is 9.80 Å². The average molecular weight is 603 g/mol. The predicted octanol–water partition coefficient (Wildman–Crippen LogP) is 5.84. The van der Waals surface area contributed by atoms with Gasteiger partial charge in [0.2, 0.25) is 0 Å². The summed E-state index contributed by atoms with van der Waals surface area (Å²) >= 11 is 0. The second-order valence-electron chi connectivity index (χ2n) is 10.8. The fourth-order valence-corrected chi connectivity index (χ4v) is 4.83. The van der Waals surface area contributed by atoms with Crippen LogP contribution in [0.4, 0.5) is 33.7 Å². The molecular weight excluding hydrogens is 568 g/mol. The van der Waals surface area contributed by atoms with Crippen LogP contribution in [0.3, 0.4) is 0 Å². The third-order valence-electron chi connectivity index (χ3n) is 7.25. The van der Waals surface area contributed by atoms with E-state index in [1.807, 2.05) is 18.9 Å². The summed E-state index contributed by atoms with van der Waals surface area (Å²) in [6.07, 6.45) is -4.82. The number of rotatable bonds is 8. The molecule has 3 amide bonds. The molecule has 3 atom stereocenters. The van der Waals surface area contributed by atoms with Gasteiger partial charge in [0, 0.05) is 36.9 Å². The van der Waals surface area contributed by atoms with E-state index in [1.165, 1.54) is 42.5 Å². The van der Waals surface area contributed by atoms with Crippen LogP contribution in [0.1, 0.15) is 35.3 Å². The SMILES string of the molecule is C[C@@H]1CN([C@H](C)CO)C(=O)c2cc(NC(=O)Nc3ccc(F)cc3)ccc2O[C@@H]1CN(C)Cc1ccc(C(F)(F)F)cc1. The van der Waals surface area contributed by atoms with Crippen LogP contribution in [0.15, 0.2) is 66.7 Å². The van der Waals surface area contributed by atoms with Crippen molar-refractivity contribution >= 4 is 23.3 Å². The first-order valence-corrected chi connectivity index (χ1v) is 13.7. The number of nitrogens with one attached hydrogen (secondary N) is 2. The molecule has 12 heteroatoms. The lowest BCUT2D eigenvalue weighted by atomic mass is 9.99. The van der Waals surface area contributed by atoms with Crippen molar-refractivity contribution in [2.45, 2.75) is 38.7 Å². The van der Waals surface area contributed by atoms with Gasteiger partial charge >= 0.3 is 12.2 Å². The van der Waals surface area contributed by atoms with Crippen molar-refractivity contribution < 1.29 is 37.0 Å². The molecule has 0 bridgehead atoms. The molecule has 0 spiro atoms. The minimum Gasteiger partial charge on any atom is -0.488 e. The Labute approximate surface area is 247 Å². The zero-order valence-electron chi connectivity index (χ0n) is 24.0. The summed E-state index contributed by atoms with van der Waals surface area (Å²) in [6, 6.07) is 13.8. The normalized spacial score (nSPS) is 17.9. The second kappa shape index (κ2) is 13.4. The summed E-state index contributed by atoms with van der Waals surface area (Å²) in [4.78, 5) is 29.7. The van der Waals surface area contributed by atoms with Gasteiger partial charge in [-0.05, 0) is 74.1 Å². The molecular formula is C31H34F4N4O4. The third kappa shape index (κ3) is 8.23. The molecule has 3 N–H and O–H groups in total. The fourth-order valence-electron chi connectivity index (χ4n) is 4.83. The summed E-state index contributed by atoms with van der Waals surface area (Å²) in [7, 11) is 1.83. The molecule has 0 aromatic heterocycles. The predicted molar refractivity (Wildman–Crippen MR) is 154 cm³/mol. The highest BCUT2D eigenvalue weighted by Crippen LogP contribution is 2.32. The number of likely N-dealkylation sites (N-methyl/N-ethyl adjacent to an activating group) is 1. The molecule has 0 radical (unpaired) electrons. The van der Waals surface area contributed by atoms with Crippen LogP contribution in [-0.4, -0.2) is 65.7 Å². The highest BCUT2D eigenvalue weighted by molar-refractivity contribution is 6.02. The lowest BCUT2D eigenvalue weighted by molar-refractivity contribution is -0.137. The number of anilines is 2. The van der Waals surface area contributed by atoms with Crippen molar-refractivity contribution in [3.63, 3.8) is 0 Å². The molecule has 1 aliphatic heterocycles. The Kier molecular flexibility index (Phi) is 9.92. The van der Waals surface area contributed by atoms with Crippen LogP contribution in [0.25, 0.3) is 0 Å². The number of ether oxygens (including phenoxy) is 1. The van der Waals surface area contributed by atoms with Gasteiger partial charge in [-0.1, -0.05) is 19.1 Å². The van der Waals surface area contributed by atoms with Crippen LogP contribution in [0.2, 0.25) is 0 Å². The number of fused-ring (bicyclic) bond motifs is 1. The Hall–Kier alpha value is -4.16. The summed E-state index contributed by atoms with van der Waals surface area (Å²) in [6.45, 7) is 4.46. The number of amides is 3. The van der Waals surface area contributed by atoms with Crippen molar-refractivity contribution in [3.8, 4) is 5.75 Å². The molecule has 3 aromatic carbocycles. The number of halogens is 4. The second-order valence-corrected chi connectivity index (χ2v) is 10.8. The highest BCUT2D eigenvalue weighted by Gasteiger charge is 2.34. The van der Waals surface area contributed by atoms with Crippen LogP contribution in [0, 0.1) is 11.7 Å². The van der Waals surface area contributed by atoms with E-state index in [2.05, 4.69) is 10.6 Å². The van der Waals surface area contributed by atoms with E-state index in [-0.39, 0.29) is 30.5 Å². The molecule has 0 unspecified atom stereocenters. The number of benzene rings is 3. The summed E-state index contributed by atoms with van der Waals surface area (Å²) in [5.41, 5.74) is 0.884. The molecule has 3 aromatic rings. The standard InChI is InChI=1S/C31H34F4N4O4/c1-19-15-39(20(2)18-40)29(41)26-14-25(37-30(42)36-24-10-8-23(32)9-11-24)12-13-27(26)43-28(19)17-38(3)16-21-4-6-22(7-5-21)31(33,34)35/h4-14,19-20,28,40H,15-18H2,1-3H3,(H2,36,37,42)/t19-,20-,28-/m1/s1. The Morgan fingerprint density at radius 3 is 2.33 bits per heavy atom. The molecule has 0 saturated carbocycles. The van der Waals surface area contributed by atoms with Gasteiger partial charge in [-0.2, -0.15) is 13.2 Å². The van der Waals surface area contributed by atoms with Crippen LogP contribution >= 0.6 is 0 Å². The third-order valence-corrected chi connectivity index (χ3v) is 7.25. The first-order chi connectivity index (χ1) is 20.3. The van der Waals surface area contributed by atoms with Crippen molar-refractivity contribution in [2.75, 3.05) is 37.4 Å². The number of alkyl halides is 3. The van der Waals surface area contributed by atoms with Crippen LogP contribution < -0.4 is 15.4 Å². The Balaban J connectivity index is 1.53. The van der Waals surface area contributed by atoms with E-state index < -0.39 is 35.7 Å². The van der Waals surface area contributed by atoms with E-state index >= 15 is 0 Å². The topological polar surface area (TPSA) is 94.1 Å². The minimum atomic E-state index is -4.41. The molecule has 4 rings (SSSR count). The van der Waals surface area contributed by atoms with Gasteiger partial charge in [0.05, 0.1) is 23.8 Å². The zero-order chi connectivity index (χ0) is 31.3. The Morgan fingerprint density at radius 1 is 1.07 bits per heavy atom. The number of carbonyl (C=O) groups is 2. The van der Waals surface area contributed by atoms with Gasteiger partial charge in [0.25, 0.3) is 5.91 Å². The van der Waals surface area contributed by atoms with Crippen molar-refractivity contribution in [3.05, 3.63) is 89.2 Å². The summed E-state index contributed by atoms with van der Waals surface area (Å²) in [5.74, 6) is -0.682. The van der Waals surface area contributed by atoms with E-state index in [1.54, 1.807) is 24.0 Å². The first kappa shape index (κ1) is 31.8. The zero-order valence-corrected chi connectivity index (χ0v) is 24.0. The van der Waals surface area contributed by atoms with Gasteiger partial charge in [0.1, 0.15) is 17.7 Å². The molecule has 1 heterocycles. The quantitative estimate of drug-likeness (QED) is 0.282. The summed E-state index contributed by atoms with van der Waals surface area (Å²) in [5, 5.41) is 15.1. The number of urea groups is 1. The Morgan fingerprint density at radius 2 is 1.70 bits per heavy atom. The van der Waals surface area contributed by atoms with Crippen molar-refractivity contribution in [1.29, 1.82) is 0 Å². The lowest BCUT2D eigenvalue weighted by Crippen LogP contribution is -2.49. The van der Waals surface area contributed by atoms with E-state index in [4.69, 9.17) is 4.74 Å².